The predicted molar refractivity (Wildman–Crippen MR) is 102 cm³/mol. The lowest BCUT2D eigenvalue weighted by Gasteiger charge is -2.05. The first-order valence-corrected chi connectivity index (χ1v) is 8.85. The fraction of sp³-hybridized carbons (Fsp3) is 0.0588. The Morgan fingerprint density at radius 1 is 1.30 bits per heavy atom. The number of benzene rings is 1. The van der Waals surface area contributed by atoms with Crippen LogP contribution >= 0.6 is 22.9 Å². The maximum Gasteiger partial charge on any atom is 0.331 e. The molecule has 0 atom stereocenters. The molecule has 2 amide bonds. The van der Waals surface area contributed by atoms with E-state index in [1.54, 1.807) is 10.6 Å². The molecule has 0 aliphatic carbocycles. The summed E-state index contributed by atoms with van der Waals surface area (Å²) in [6, 6.07) is 6.00. The molecule has 0 aliphatic rings. The molecule has 3 rings (SSSR count). The highest BCUT2D eigenvalue weighted by atomic mass is 35.5. The van der Waals surface area contributed by atoms with Crippen LogP contribution in [-0.4, -0.2) is 33.8 Å². The number of rotatable bonds is 6. The Labute approximate surface area is 162 Å². The van der Waals surface area contributed by atoms with Crippen molar-refractivity contribution in [3.8, 4) is 0 Å². The first kappa shape index (κ1) is 18.6. The highest BCUT2D eigenvalue weighted by Gasteiger charge is 2.10. The van der Waals surface area contributed by atoms with Gasteiger partial charge in [0.25, 0.3) is 5.91 Å². The minimum atomic E-state index is -0.699. The summed E-state index contributed by atoms with van der Waals surface area (Å²) in [5.41, 5.74) is 6.45. The maximum absolute atomic E-state index is 11.8. The number of carbonyl (C=O) groups excluding carboxylic acids is 3. The molecule has 1 aromatic carbocycles. The van der Waals surface area contributed by atoms with Gasteiger partial charge in [-0.15, -0.1) is 11.3 Å². The van der Waals surface area contributed by atoms with E-state index < -0.39 is 24.4 Å². The van der Waals surface area contributed by atoms with Crippen LogP contribution < -0.4 is 11.1 Å². The second-order valence-electron chi connectivity index (χ2n) is 5.27. The van der Waals surface area contributed by atoms with Crippen LogP contribution in [0.3, 0.4) is 0 Å². The van der Waals surface area contributed by atoms with Crippen molar-refractivity contribution in [3.05, 3.63) is 58.3 Å². The van der Waals surface area contributed by atoms with Crippen molar-refractivity contribution < 1.29 is 19.1 Å². The van der Waals surface area contributed by atoms with Crippen LogP contribution in [0.2, 0.25) is 5.15 Å². The molecule has 0 saturated heterocycles. The van der Waals surface area contributed by atoms with Crippen molar-refractivity contribution in [3.63, 3.8) is 0 Å². The molecule has 3 N–H and O–H groups in total. The third kappa shape index (κ3) is 4.52. The Hall–Kier alpha value is -3.17. The molecule has 0 aliphatic heterocycles. The summed E-state index contributed by atoms with van der Waals surface area (Å²) in [4.78, 5) is 39.5. The maximum atomic E-state index is 11.8. The molecule has 0 fully saturated rings. The first-order chi connectivity index (χ1) is 12.9. The van der Waals surface area contributed by atoms with Gasteiger partial charge in [-0.05, 0) is 30.3 Å². The number of ether oxygens (including phenoxy) is 1. The molecule has 8 nitrogen and oxygen atoms in total. The van der Waals surface area contributed by atoms with Crippen molar-refractivity contribution in [2.75, 3.05) is 11.9 Å². The number of hydrogen-bond acceptors (Lipinski definition) is 6. The van der Waals surface area contributed by atoms with Gasteiger partial charge in [0.1, 0.15) is 0 Å². The highest BCUT2D eigenvalue weighted by Crippen LogP contribution is 2.22. The number of amides is 2. The van der Waals surface area contributed by atoms with E-state index in [1.165, 1.54) is 47.8 Å². The van der Waals surface area contributed by atoms with Crippen molar-refractivity contribution in [2.45, 2.75) is 0 Å². The molecular weight excluding hydrogens is 392 g/mol. The fourth-order valence-electron chi connectivity index (χ4n) is 2.17. The number of aromatic nitrogens is 2. The van der Waals surface area contributed by atoms with Crippen molar-refractivity contribution in [1.82, 2.24) is 9.38 Å². The molecule has 2 aromatic heterocycles. The number of imidazole rings is 1. The van der Waals surface area contributed by atoms with Crippen LogP contribution in [0.25, 0.3) is 11.0 Å². The number of fused-ring (bicyclic) bond motifs is 1. The van der Waals surface area contributed by atoms with Gasteiger partial charge in [-0.2, -0.15) is 0 Å². The fourth-order valence-corrected chi connectivity index (χ4v) is 3.18. The number of anilines is 1. The van der Waals surface area contributed by atoms with E-state index in [0.29, 0.717) is 21.9 Å². The molecule has 0 saturated carbocycles. The molecule has 0 radical (unpaired) electrons. The lowest BCUT2D eigenvalue weighted by Crippen LogP contribution is -2.20. The number of hydrogen-bond donors (Lipinski definition) is 2. The van der Waals surface area contributed by atoms with Gasteiger partial charge in [-0.1, -0.05) is 11.6 Å². The second kappa shape index (κ2) is 8.02. The molecular formula is C17H13ClN4O4S. The molecule has 27 heavy (non-hydrogen) atoms. The number of carbonyl (C=O) groups is 3. The predicted octanol–water partition coefficient (Wildman–Crippen LogP) is 2.34. The Morgan fingerprint density at radius 3 is 2.74 bits per heavy atom. The van der Waals surface area contributed by atoms with Gasteiger partial charge < -0.3 is 15.8 Å². The number of halogens is 1. The van der Waals surface area contributed by atoms with Crippen molar-refractivity contribution in [2.24, 2.45) is 5.73 Å². The number of nitrogens with two attached hydrogens (primary N) is 1. The third-order valence-corrected chi connectivity index (χ3v) is 4.46. The van der Waals surface area contributed by atoms with Gasteiger partial charge in [0.05, 0.1) is 5.69 Å². The quantitative estimate of drug-likeness (QED) is 0.483. The summed E-state index contributed by atoms with van der Waals surface area (Å²) in [5.74, 6) is -1.78. The standard InChI is InChI=1S/C17H13ClN4O4S/c18-15-12(22-7-8-27-17(22)21-15)5-6-14(24)26-9-13(23)20-11-3-1-10(2-4-11)16(19)25/h1-8H,9H2,(H2,19,25)(H,20,23)/b6-5-. The summed E-state index contributed by atoms with van der Waals surface area (Å²) in [5, 5.41) is 4.65. The van der Waals surface area contributed by atoms with E-state index in [9.17, 15) is 14.4 Å². The summed E-state index contributed by atoms with van der Waals surface area (Å²) in [7, 11) is 0. The topological polar surface area (TPSA) is 116 Å². The van der Waals surface area contributed by atoms with Crippen molar-refractivity contribution >= 4 is 57.4 Å². The Kier molecular flexibility index (Phi) is 5.53. The highest BCUT2D eigenvalue weighted by molar-refractivity contribution is 7.15. The molecule has 0 bridgehead atoms. The molecule has 3 aromatic rings. The van der Waals surface area contributed by atoms with Crippen molar-refractivity contribution in [1.29, 1.82) is 0 Å². The van der Waals surface area contributed by atoms with E-state index in [-0.39, 0.29) is 5.15 Å². The summed E-state index contributed by atoms with van der Waals surface area (Å²) in [6.45, 7) is -0.464. The van der Waals surface area contributed by atoms with Gasteiger partial charge in [-0.25, -0.2) is 9.78 Å². The zero-order valence-corrected chi connectivity index (χ0v) is 15.3. The van der Waals surface area contributed by atoms with Gasteiger partial charge in [0.15, 0.2) is 16.7 Å². The number of nitrogens with one attached hydrogen (secondary N) is 1. The zero-order valence-electron chi connectivity index (χ0n) is 13.7. The van der Waals surface area contributed by atoms with Gasteiger partial charge in [0.2, 0.25) is 5.91 Å². The Balaban J connectivity index is 1.52. The van der Waals surface area contributed by atoms with Gasteiger partial charge in [-0.3, -0.25) is 14.0 Å². The van der Waals surface area contributed by atoms with Crippen LogP contribution in [0.15, 0.2) is 41.9 Å². The van der Waals surface area contributed by atoms with E-state index >= 15 is 0 Å². The van der Waals surface area contributed by atoms with Gasteiger partial charge >= 0.3 is 5.97 Å². The molecule has 0 unspecified atom stereocenters. The van der Waals surface area contributed by atoms with E-state index in [0.717, 1.165) is 0 Å². The van der Waals surface area contributed by atoms with E-state index in [4.69, 9.17) is 22.1 Å². The smallest absolute Gasteiger partial charge is 0.331 e. The zero-order chi connectivity index (χ0) is 19.4. The SMILES string of the molecule is NC(=O)c1ccc(NC(=O)COC(=O)/C=C\c2c(Cl)nc3sccn23)cc1. The number of primary amides is 1. The van der Waals surface area contributed by atoms with Crippen LogP contribution in [0.4, 0.5) is 5.69 Å². The number of nitrogens with zero attached hydrogens (tertiary/aromatic N) is 2. The molecule has 2 heterocycles. The van der Waals surface area contributed by atoms with Crippen LogP contribution in [0.5, 0.6) is 0 Å². The largest absolute Gasteiger partial charge is 0.452 e. The molecule has 0 spiro atoms. The lowest BCUT2D eigenvalue weighted by atomic mass is 10.2. The lowest BCUT2D eigenvalue weighted by molar-refractivity contribution is -0.142. The number of thiazole rings is 1. The summed E-state index contributed by atoms with van der Waals surface area (Å²) < 4.78 is 6.62. The monoisotopic (exact) mass is 404 g/mol. The summed E-state index contributed by atoms with van der Waals surface area (Å²) in [6.07, 6.45) is 4.42. The Morgan fingerprint density at radius 2 is 2.04 bits per heavy atom. The minimum Gasteiger partial charge on any atom is -0.452 e. The summed E-state index contributed by atoms with van der Waals surface area (Å²) >= 11 is 7.43. The average Bonchev–Trinajstić information content (AvgIpc) is 3.19. The van der Waals surface area contributed by atoms with E-state index in [1.807, 2.05) is 5.38 Å². The average molecular weight is 405 g/mol. The normalized spacial score (nSPS) is 11.0. The molecule has 10 heteroatoms. The second-order valence-corrected chi connectivity index (χ2v) is 6.51. The van der Waals surface area contributed by atoms with E-state index in [2.05, 4.69) is 10.3 Å². The van der Waals surface area contributed by atoms with Crippen LogP contribution in [-0.2, 0) is 14.3 Å². The van der Waals surface area contributed by atoms with Crippen LogP contribution in [0.1, 0.15) is 16.1 Å². The number of esters is 1. The third-order valence-electron chi connectivity index (χ3n) is 3.43. The van der Waals surface area contributed by atoms with Gasteiger partial charge in [0, 0.05) is 28.9 Å². The Bertz CT molecular complexity index is 1040. The minimum absolute atomic E-state index is 0.267. The first-order valence-electron chi connectivity index (χ1n) is 7.59. The van der Waals surface area contributed by atoms with Crippen LogP contribution in [0, 0.1) is 0 Å². The molecule has 138 valence electrons.